The minimum atomic E-state index is -1.38. The third-order valence-corrected chi connectivity index (χ3v) is 1.85. The Morgan fingerprint density at radius 2 is 2.23 bits per heavy atom. The number of halogens is 1. The van der Waals surface area contributed by atoms with Crippen LogP contribution in [0.4, 0.5) is 10.1 Å². The number of carboxylic acid groups (broad SMARTS) is 1. The van der Waals surface area contributed by atoms with E-state index >= 15 is 0 Å². The number of carbonyl (C=O) groups is 1. The Bertz CT molecular complexity index is 350. The number of benzene rings is 1. The maximum absolute atomic E-state index is 13.2. The second kappa shape index (κ2) is 3.43. The van der Waals surface area contributed by atoms with Crippen molar-refractivity contribution in [2.24, 2.45) is 0 Å². The second-order valence-corrected chi connectivity index (χ2v) is 2.64. The Kier molecular flexibility index (Phi) is 2.51. The molecule has 0 aliphatic rings. The lowest BCUT2D eigenvalue weighted by molar-refractivity contribution is -0.255. The van der Waals surface area contributed by atoms with Crippen molar-refractivity contribution < 1.29 is 14.3 Å². The molecule has 0 amide bonds. The van der Waals surface area contributed by atoms with Gasteiger partial charge in [0.1, 0.15) is 5.82 Å². The van der Waals surface area contributed by atoms with Gasteiger partial charge in [0.05, 0.1) is 11.7 Å². The van der Waals surface area contributed by atoms with E-state index in [1.807, 2.05) is 0 Å². The molecule has 0 saturated carbocycles. The van der Waals surface area contributed by atoms with Crippen molar-refractivity contribution in [2.75, 3.05) is 5.73 Å². The zero-order valence-electron chi connectivity index (χ0n) is 7.13. The third-order valence-electron chi connectivity index (χ3n) is 1.85. The third kappa shape index (κ3) is 1.61. The van der Waals surface area contributed by atoms with Crippen molar-refractivity contribution in [1.82, 2.24) is 0 Å². The Morgan fingerprint density at radius 1 is 1.62 bits per heavy atom. The zero-order valence-corrected chi connectivity index (χ0v) is 7.13. The van der Waals surface area contributed by atoms with Gasteiger partial charge in [0, 0.05) is 5.56 Å². The molecule has 0 atom stereocenters. The first-order chi connectivity index (χ1) is 6.07. The summed E-state index contributed by atoms with van der Waals surface area (Å²) in [6.07, 6.45) is 0.278. The Morgan fingerprint density at radius 3 is 2.69 bits per heavy atom. The molecule has 0 heterocycles. The van der Waals surface area contributed by atoms with E-state index in [9.17, 15) is 14.3 Å². The van der Waals surface area contributed by atoms with Crippen LogP contribution in [-0.2, 0) is 6.42 Å². The van der Waals surface area contributed by atoms with E-state index in [2.05, 4.69) is 0 Å². The molecule has 4 heteroatoms. The summed E-state index contributed by atoms with van der Waals surface area (Å²) >= 11 is 0. The lowest BCUT2D eigenvalue weighted by Gasteiger charge is -2.10. The summed E-state index contributed by atoms with van der Waals surface area (Å²) in [7, 11) is 0. The van der Waals surface area contributed by atoms with E-state index in [1.54, 1.807) is 6.92 Å². The smallest absolute Gasteiger partial charge is 0.149 e. The predicted octanol–water partition coefficient (Wildman–Crippen LogP) is 0.334. The summed E-state index contributed by atoms with van der Waals surface area (Å²) in [4.78, 5) is 10.5. The Labute approximate surface area is 75.0 Å². The molecule has 1 rings (SSSR count). The van der Waals surface area contributed by atoms with Crippen LogP contribution >= 0.6 is 0 Å². The van der Waals surface area contributed by atoms with Gasteiger partial charge in [-0.15, -0.1) is 0 Å². The monoisotopic (exact) mass is 182 g/mol. The summed E-state index contributed by atoms with van der Waals surface area (Å²) < 4.78 is 13.2. The van der Waals surface area contributed by atoms with Gasteiger partial charge >= 0.3 is 0 Å². The molecule has 0 spiro atoms. The molecule has 0 radical (unpaired) electrons. The highest BCUT2D eigenvalue weighted by Crippen LogP contribution is 2.19. The number of aromatic carboxylic acids is 1. The van der Waals surface area contributed by atoms with Gasteiger partial charge in [0.25, 0.3) is 0 Å². The SMILES string of the molecule is CCc1c(C(=O)[O-])ccc(N)c1F. The highest BCUT2D eigenvalue weighted by Gasteiger charge is 2.10. The summed E-state index contributed by atoms with van der Waals surface area (Å²) in [6.45, 7) is 1.66. The van der Waals surface area contributed by atoms with Gasteiger partial charge in [-0.25, -0.2) is 4.39 Å². The average molecular weight is 182 g/mol. The number of hydrogen-bond donors (Lipinski definition) is 1. The molecule has 3 nitrogen and oxygen atoms in total. The summed E-state index contributed by atoms with van der Waals surface area (Å²) in [5.74, 6) is -2.04. The van der Waals surface area contributed by atoms with Gasteiger partial charge in [-0.05, 0) is 18.1 Å². The fourth-order valence-corrected chi connectivity index (χ4v) is 1.18. The van der Waals surface area contributed by atoms with Crippen molar-refractivity contribution in [2.45, 2.75) is 13.3 Å². The number of carbonyl (C=O) groups excluding carboxylic acids is 1. The molecule has 70 valence electrons. The molecule has 2 N–H and O–H groups in total. The van der Waals surface area contributed by atoms with Gasteiger partial charge in [-0.2, -0.15) is 0 Å². The van der Waals surface area contributed by atoms with Crippen LogP contribution < -0.4 is 10.8 Å². The summed E-state index contributed by atoms with van der Waals surface area (Å²) in [5, 5.41) is 10.5. The van der Waals surface area contributed by atoms with Crippen LogP contribution in [0.3, 0.4) is 0 Å². The standard InChI is InChI=1S/C9H10FNO2/c1-2-5-6(9(12)13)3-4-7(11)8(5)10/h3-4H,2,11H2,1H3,(H,12,13)/p-1. The molecule has 1 aromatic carbocycles. The first-order valence-corrected chi connectivity index (χ1v) is 3.86. The zero-order chi connectivity index (χ0) is 10.0. The van der Waals surface area contributed by atoms with Gasteiger partial charge in [-0.1, -0.05) is 13.0 Å². The molecule has 0 aliphatic carbocycles. The quantitative estimate of drug-likeness (QED) is 0.670. The maximum Gasteiger partial charge on any atom is 0.149 e. The molecule has 0 saturated heterocycles. The van der Waals surface area contributed by atoms with Crippen molar-refractivity contribution >= 4 is 11.7 Å². The minimum absolute atomic E-state index is 0.0400. The molecule has 0 fully saturated rings. The first-order valence-electron chi connectivity index (χ1n) is 3.86. The second-order valence-electron chi connectivity index (χ2n) is 2.64. The van der Waals surface area contributed by atoms with Crippen LogP contribution in [-0.4, -0.2) is 5.97 Å². The molecule has 1 aromatic rings. The Balaban J connectivity index is 3.38. The lowest BCUT2D eigenvalue weighted by Crippen LogP contribution is -2.24. The van der Waals surface area contributed by atoms with Crippen LogP contribution in [0.5, 0.6) is 0 Å². The number of anilines is 1. The van der Waals surface area contributed by atoms with Gasteiger partial charge in [-0.3, -0.25) is 0 Å². The predicted molar refractivity (Wildman–Crippen MR) is 44.5 cm³/mol. The van der Waals surface area contributed by atoms with Gasteiger partial charge < -0.3 is 15.6 Å². The van der Waals surface area contributed by atoms with Crippen molar-refractivity contribution in [1.29, 1.82) is 0 Å². The topological polar surface area (TPSA) is 66.1 Å². The molecular weight excluding hydrogens is 173 g/mol. The average Bonchev–Trinajstić information content (AvgIpc) is 2.09. The summed E-state index contributed by atoms with van der Waals surface area (Å²) in [5.41, 5.74) is 5.20. The number of carboxylic acids is 1. The largest absolute Gasteiger partial charge is 0.545 e. The van der Waals surface area contributed by atoms with E-state index in [1.165, 1.54) is 12.1 Å². The number of hydrogen-bond acceptors (Lipinski definition) is 3. The van der Waals surface area contributed by atoms with E-state index in [0.717, 1.165) is 0 Å². The number of nitrogen functional groups attached to an aromatic ring is 1. The molecule has 0 unspecified atom stereocenters. The lowest BCUT2D eigenvalue weighted by atomic mass is 10.0. The number of nitrogens with two attached hydrogens (primary N) is 1. The van der Waals surface area contributed by atoms with Crippen molar-refractivity contribution in [3.8, 4) is 0 Å². The van der Waals surface area contributed by atoms with Crippen LogP contribution in [0.2, 0.25) is 0 Å². The molecule has 0 bridgehead atoms. The van der Waals surface area contributed by atoms with Crippen LogP contribution in [0, 0.1) is 5.82 Å². The van der Waals surface area contributed by atoms with Crippen LogP contribution in [0.1, 0.15) is 22.8 Å². The first kappa shape index (κ1) is 9.51. The highest BCUT2D eigenvalue weighted by molar-refractivity contribution is 5.88. The van der Waals surface area contributed by atoms with Crippen LogP contribution in [0.25, 0.3) is 0 Å². The fraction of sp³-hybridized carbons (Fsp3) is 0.222. The van der Waals surface area contributed by atoms with Gasteiger partial charge in [0.2, 0.25) is 0 Å². The fourth-order valence-electron chi connectivity index (χ4n) is 1.18. The van der Waals surface area contributed by atoms with E-state index < -0.39 is 11.8 Å². The number of rotatable bonds is 2. The minimum Gasteiger partial charge on any atom is -0.545 e. The molecule has 0 aromatic heterocycles. The van der Waals surface area contributed by atoms with E-state index in [4.69, 9.17) is 5.73 Å². The Hall–Kier alpha value is -1.58. The maximum atomic E-state index is 13.2. The van der Waals surface area contributed by atoms with E-state index in [-0.39, 0.29) is 23.2 Å². The van der Waals surface area contributed by atoms with Crippen molar-refractivity contribution in [3.63, 3.8) is 0 Å². The van der Waals surface area contributed by atoms with Crippen molar-refractivity contribution in [3.05, 3.63) is 29.1 Å². The van der Waals surface area contributed by atoms with Crippen LogP contribution in [0.15, 0.2) is 12.1 Å². The highest BCUT2D eigenvalue weighted by atomic mass is 19.1. The van der Waals surface area contributed by atoms with Gasteiger partial charge in [0.15, 0.2) is 0 Å². The summed E-state index contributed by atoms with van der Waals surface area (Å²) in [6, 6.07) is 2.48. The normalized spacial score (nSPS) is 10.0. The molecule has 13 heavy (non-hydrogen) atoms. The molecular formula is C9H9FNO2-. The van der Waals surface area contributed by atoms with E-state index in [0.29, 0.717) is 0 Å². The molecule has 0 aliphatic heterocycles.